The van der Waals surface area contributed by atoms with E-state index in [1.165, 1.54) is 12.4 Å². The van der Waals surface area contributed by atoms with Crippen LogP contribution < -0.4 is 4.90 Å². The van der Waals surface area contributed by atoms with Gasteiger partial charge in [-0.05, 0) is 0 Å². The van der Waals surface area contributed by atoms with Gasteiger partial charge in [0.1, 0.15) is 12.2 Å². The number of nitrogens with zero attached hydrogens (tertiary/aromatic N) is 3. The van der Waals surface area contributed by atoms with Crippen LogP contribution in [0.2, 0.25) is 0 Å². The number of carbonyl (C=O) groups is 1. The van der Waals surface area contributed by atoms with Crippen LogP contribution in [0.25, 0.3) is 0 Å². The van der Waals surface area contributed by atoms with E-state index in [0.717, 1.165) is 0 Å². The molecule has 1 saturated heterocycles. The highest BCUT2D eigenvalue weighted by molar-refractivity contribution is 5.91. The topological polar surface area (TPSA) is 84.8 Å². The number of anilines is 1. The first-order chi connectivity index (χ1) is 8.67. The smallest absolute Gasteiger partial charge is 0.358 e. The standard InChI is InChI=1S/C11H15N3O4/c1-17-7-5-14(6-8(7)18-2)10-9(11(15)16)12-3-4-13-10/h3-4,7-8H,5-6H2,1-2H3,(H,15,16). The van der Waals surface area contributed by atoms with Crippen LogP contribution in [0.5, 0.6) is 0 Å². The molecule has 2 rings (SSSR count). The Morgan fingerprint density at radius 2 is 1.83 bits per heavy atom. The van der Waals surface area contributed by atoms with Gasteiger partial charge in [0.15, 0.2) is 11.5 Å². The van der Waals surface area contributed by atoms with Gasteiger partial charge in [-0.15, -0.1) is 0 Å². The minimum absolute atomic E-state index is 0.0518. The zero-order valence-electron chi connectivity index (χ0n) is 10.2. The first kappa shape index (κ1) is 12.7. The molecule has 1 aliphatic rings. The van der Waals surface area contributed by atoms with Crippen molar-refractivity contribution in [3.8, 4) is 0 Å². The van der Waals surface area contributed by atoms with Gasteiger partial charge in [-0.3, -0.25) is 0 Å². The Morgan fingerprint density at radius 1 is 1.28 bits per heavy atom. The first-order valence-corrected chi connectivity index (χ1v) is 5.52. The molecular formula is C11H15N3O4. The van der Waals surface area contributed by atoms with Crippen LogP contribution in [-0.4, -0.2) is 60.6 Å². The molecule has 2 unspecified atom stereocenters. The summed E-state index contributed by atoms with van der Waals surface area (Å²) in [5.74, 6) is -0.737. The predicted octanol–water partition coefficient (Wildman–Crippen LogP) is 0.0248. The summed E-state index contributed by atoms with van der Waals surface area (Å²) in [5.41, 5.74) is -0.0518. The second-order valence-electron chi connectivity index (χ2n) is 3.99. The largest absolute Gasteiger partial charge is 0.476 e. The third-order valence-electron chi connectivity index (χ3n) is 3.00. The molecule has 2 atom stereocenters. The van der Waals surface area contributed by atoms with Crippen molar-refractivity contribution < 1.29 is 19.4 Å². The minimum Gasteiger partial charge on any atom is -0.476 e. The van der Waals surface area contributed by atoms with Crippen molar-refractivity contribution in [1.29, 1.82) is 0 Å². The SMILES string of the molecule is COC1CN(c2nccnc2C(=O)O)CC1OC. The van der Waals surface area contributed by atoms with Crippen LogP contribution in [0.3, 0.4) is 0 Å². The lowest BCUT2D eigenvalue weighted by Gasteiger charge is -2.17. The van der Waals surface area contributed by atoms with Gasteiger partial charge in [0.2, 0.25) is 0 Å². The second kappa shape index (κ2) is 5.28. The monoisotopic (exact) mass is 253 g/mol. The lowest BCUT2D eigenvalue weighted by Crippen LogP contribution is -2.27. The molecule has 18 heavy (non-hydrogen) atoms. The quantitative estimate of drug-likeness (QED) is 0.809. The summed E-state index contributed by atoms with van der Waals surface area (Å²) in [5, 5.41) is 9.08. The van der Waals surface area contributed by atoms with E-state index in [9.17, 15) is 4.79 Å². The fourth-order valence-electron chi connectivity index (χ4n) is 2.08. The Morgan fingerprint density at radius 3 is 2.33 bits per heavy atom. The van der Waals surface area contributed by atoms with Crippen molar-refractivity contribution in [3.63, 3.8) is 0 Å². The maximum absolute atomic E-state index is 11.1. The third-order valence-corrected chi connectivity index (χ3v) is 3.00. The summed E-state index contributed by atoms with van der Waals surface area (Å²) in [6, 6.07) is 0. The summed E-state index contributed by atoms with van der Waals surface area (Å²) in [6.45, 7) is 1.07. The Kier molecular flexibility index (Phi) is 3.73. The van der Waals surface area contributed by atoms with Gasteiger partial charge in [-0.2, -0.15) is 0 Å². The summed E-state index contributed by atoms with van der Waals surface area (Å²) < 4.78 is 10.6. The average molecular weight is 253 g/mol. The predicted molar refractivity (Wildman–Crippen MR) is 62.8 cm³/mol. The van der Waals surface area contributed by atoms with Gasteiger partial charge in [0.05, 0.1) is 0 Å². The number of rotatable bonds is 4. The molecule has 1 fully saturated rings. The summed E-state index contributed by atoms with van der Waals surface area (Å²) in [4.78, 5) is 20.8. The van der Waals surface area contributed by atoms with E-state index < -0.39 is 5.97 Å². The molecule has 0 amide bonds. The van der Waals surface area contributed by atoms with Crippen molar-refractivity contribution in [2.75, 3.05) is 32.2 Å². The Bertz CT molecular complexity index is 428. The molecule has 0 aliphatic carbocycles. The van der Waals surface area contributed by atoms with E-state index in [1.54, 1.807) is 14.2 Å². The van der Waals surface area contributed by atoms with Gasteiger partial charge in [-0.25, -0.2) is 14.8 Å². The van der Waals surface area contributed by atoms with Crippen molar-refractivity contribution in [2.45, 2.75) is 12.2 Å². The fourth-order valence-corrected chi connectivity index (χ4v) is 2.08. The number of carboxylic acids is 1. The number of hydrogen-bond donors (Lipinski definition) is 1. The second-order valence-corrected chi connectivity index (χ2v) is 3.99. The highest BCUT2D eigenvalue weighted by atomic mass is 16.5. The molecule has 0 spiro atoms. The maximum Gasteiger partial charge on any atom is 0.358 e. The van der Waals surface area contributed by atoms with Gasteiger partial charge < -0.3 is 19.5 Å². The van der Waals surface area contributed by atoms with Crippen molar-refractivity contribution >= 4 is 11.8 Å². The Balaban J connectivity index is 2.26. The van der Waals surface area contributed by atoms with Gasteiger partial charge in [0, 0.05) is 39.7 Å². The number of aromatic carboxylic acids is 1. The van der Waals surface area contributed by atoms with E-state index in [2.05, 4.69) is 9.97 Å². The number of carboxylic acid groups (broad SMARTS) is 1. The van der Waals surface area contributed by atoms with E-state index in [1.807, 2.05) is 4.90 Å². The lowest BCUT2D eigenvalue weighted by atomic mass is 10.3. The van der Waals surface area contributed by atoms with Crippen molar-refractivity contribution in [3.05, 3.63) is 18.1 Å². The number of hydrogen-bond acceptors (Lipinski definition) is 6. The Labute approximate surface area is 104 Å². The van der Waals surface area contributed by atoms with E-state index >= 15 is 0 Å². The Hall–Kier alpha value is -1.73. The zero-order chi connectivity index (χ0) is 13.1. The molecular weight excluding hydrogens is 238 g/mol. The summed E-state index contributed by atoms with van der Waals surface area (Å²) >= 11 is 0. The molecule has 1 aliphatic heterocycles. The molecule has 0 radical (unpaired) electrons. The summed E-state index contributed by atoms with van der Waals surface area (Å²) in [6.07, 6.45) is 2.64. The summed E-state index contributed by atoms with van der Waals surface area (Å²) in [7, 11) is 3.21. The van der Waals surface area contributed by atoms with E-state index in [-0.39, 0.29) is 17.9 Å². The van der Waals surface area contributed by atoms with Gasteiger partial charge in [0.25, 0.3) is 0 Å². The third kappa shape index (κ3) is 2.27. The van der Waals surface area contributed by atoms with Crippen LogP contribution in [0.4, 0.5) is 5.82 Å². The molecule has 0 aromatic carbocycles. The number of methoxy groups -OCH3 is 2. The number of ether oxygens (including phenoxy) is 2. The lowest BCUT2D eigenvalue weighted by molar-refractivity contribution is -0.00461. The molecule has 1 aromatic rings. The highest BCUT2D eigenvalue weighted by Gasteiger charge is 2.35. The van der Waals surface area contributed by atoms with Crippen LogP contribution in [0, 0.1) is 0 Å². The first-order valence-electron chi connectivity index (χ1n) is 5.52. The zero-order valence-corrected chi connectivity index (χ0v) is 10.2. The molecule has 1 aromatic heterocycles. The molecule has 98 valence electrons. The highest BCUT2D eigenvalue weighted by Crippen LogP contribution is 2.23. The van der Waals surface area contributed by atoms with Crippen LogP contribution in [0.15, 0.2) is 12.4 Å². The van der Waals surface area contributed by atoms with E-state index in [0.29, 0.717) is 18.9 Å². The van der Waals surface area contributed by atoms with Crippen LogP contribution in [-0.2, 0) is 9.47 Å². The normalized spacial score (nSPS) is 23.3. The molecule has 2 heterocycles. The van der Waals surface area contributed by atoms with Crippen LogP contribution >= 0.6 is 0 Å². The molecule has 0 bridgehead atoms. The fraction of sp³-hybridized carbons (Fsp3) is 0.545. The molecule has 1 N–H and O–H groups in total. The molecule has 7 heteroatoms. The average Bonchev–Trinajstić information content (AvgIpc) is 2.81. The van der Waals surface area contributed by atoms with E-state index in [4.69, 9.17) is 14.6 Å². The van der Waals surface area contributed by atoms with Gasteiger partial charge in [-0.1, -0.05) is 0 Å². The number of aromatic nitrogens is 2. The minimum atomic E-state index is -1.09. The molecule has 0 saturated carbocycles. The van der Waals surface area contributed by atoms with Crippen molar-refractivity contribution in [1.82, 2.24) is 9.97 Å². The maximum atomic E-state index is 11.1. The van der Waals surface area contributed by atoms with Gasteiger partial charge >= 0.3 is 5.97 Å². The molecule has 7 nitrogen and oxygen atoms in total. The van der Waals surface area contributed by atoms with Crippen LogP contribution in [0.1, 0.15) is 10.5 Å². The van der Waals surface area contributed by atoms with Crippen molar-refractivity contribution in [2.24, 2.45) is 0 Å².